The minimum Gasteiger partial charge on any atom is -0.399 e. The molecule has 0 spiro atoms. The van der Waals surface area contributed by atoms with Gasteiger partial charge in [-0.05, 0) is 51.1 Å². The van der Waals surface area contributed by atoms with Gasteiger partial charge in [0.2, 0.25) is 10.0 Å². The standard InChI is InChI=1S/C14H22FN3O2S/c1-10-7-11(16)8-13(14(10)15)21(19,20)17-9-12-5-3-4-6-18(12)2/h7-8,12,17H,3-6,9,16H2,1-2H3. The Morgan fingerprint density at radius 3 is 2.81 bits per heavy atom. The maximum absolute atomic E-state index is 14.0. The number of rotatable bonds is 4. The summed E-state index contributed by atoms with van der Waals surface area (Å²) in [5.41, 5.74) is 6.09. The molecule has 3 N–H and O–H groups in total. The van der Waals surface area contributed by atoms with E-state index < -0.39 is 15.8 Å². The molecule has 1 unspecified atom stereocenters. The lowest BCUT2D eigenvalue weighted by atomic mass is 10.0. The summed E-state index contributed by atoms with van der Waals surface area (Å²) in [6, 6.07) is 2.73. The Morgan fingerprint density at radius 1 is 1.43 bits per heavy atom. The number of nitrogens with zero attached hydrogens (tertiary/aromatic N) is 1. The predicted octanol–water partition coefficient (Wildman–Crippen LogP) is 1.48. The summed E-state index contributed by atoms with van der Waals surface area (Å²) in [7, 11) is -1.91. The minimum absolute atomic E-state index is 0.152. The van der Waals surface area contributed by atoms with Crippen molar-refractivity contribution in [2.75, 3.05) is 25.9 Å². The van der Waals surface area contributed by atoms with Crippen molar-refractivity contribution in [3.63, 3.8) is 0 Å². The number of likely N-dealkylation sites (N-methyl/N-ethyl adjacent to an activating group) is 1. The highest BCUT2D eigenvalue weighted by atomic mass is 32.2. The molecule has 0 bridgehead atoms. The number of nitrogens with two attached hydrogens (primary N) is 1. The average molecular weight is 315 g/mol. The highest BCUT2D eigenvalue weighted by Crippen LogP contribution is 2.22. The van der Waals surface area contributed by atoms with E-state index >= 15 is 0 Å². The summed E-state index contributed by atoms with van der Waals surface area (Å²) in [6.07, 6.45) is 3.16. The fraction of sp³-hybridized carbons (Fsp3) is 0.571. The van der Waals surface area contributed by atoms with Gasteiger partial charge in [-0.1, -0.05) is 6.42 Å². The summed E-state index contributed by atoms with van der Waals surface area (Å²) in [5, 5.41) is 0. The highest BCUT2D eigenvalue weighted by Gasteiger charge is 2.25. The van der Waals surface area contributed by atoms with Crippen LogP contribution < -0.4 is 10.5 Å². The number of benzene rings is 1. The molecule has 1 aliphatic heterocycles. The van der Waals surface area contributed by atoms with Crippen LogP contribution >= 0.6 is 0 Å². The molecule has 0 saturated carbocycles. The minimum atomic E-state index is -3.89. The van der Waals surface area contributed by atoms with Crippen LogP contribution in [0.25, 0.3) is 0 Å². The molecule has 7 heteroatoms. The number of halogens is 1. The van der Waals surface area contributed by atoms with E-state index in [0.717, 1.165) is 31.9 Å². The number of nitrogens with one attached hydrogen (secondary N) is 1. The van der Waals surface area contributed by atoms with Crippen LogP contribution in [0.3, 0.4) is 0 Å². The van der Waals surface area contributed by atoms with Gasteiger partial charge in [0.1, 0.15) is 10.7 Å². The summed E-state index contributed by atoms with van der Waals surface area (Å²) < 4.78 is 41.1. The Morgan fingerprint density at radius 2 is 2.14 bits per heavy atom. The van der Waals surface area contributed by atoms with Gasteiger partial charge in [0.25, 0.3) is 0 Å². The normalized spacial score (nSPS) is 20.6. The summed E-state index contributed by atoms with van der Waals surface area (Å²) in [5.74, 6) is -0.742. The molecule has 0 amide bonds. The topological polar surface area (TPSA) is 75.4 Å². The summed E-state index contributed by atoms with van der Waals surface area (Å²) in [6.45, 7) is 2.74. The molecule has 1 atom stereocenters. The molecule has 1 aromatic rings. The van der Waals surface area contributed by atoms with Gasteiger partial charge in [0.15, 0.2) is 0 Å². The van der Waals surface area contributed by atoms with E-state index in [2.05, 4.69) is 9.62 Å². The molecule has 0 radical (unpaired) electrons. The van der Waals surface area contributed by atoms with E-state index in [4.69, 9.17) is 5.73 Å². The Balaban J connectivity index is 2.15. The van der Waals surface area contributed by atoms with E-state index in [1.54, 1.807) is 0 Å². The smallest absolute Gasteiger partial charge is 0.243 e. The van der Waals surface area contributed by atoms with Gasteiger partial charge in [-0.25, -0.2) is 17.5 Å². The van der Waals surface area contributed by atoms with Gasteiger partial charge in [0, 0.05) is 18.3 Å². The first-order valence-electron chi connectivity index (χ1n) is 7.07. The second-order valence-corrected chi connectivity index (χ2v) is 7.37. The predicted molar refractivity (Wildman–Crippen MR) is 81.0 cm³/mol. The van der Waals surface area contributed by atoms with E-state index in [9.17, 15) is 12.8 Å². The molecule has 1 aliphatic rings. The zero-order valence-electron chi connectivity index (χ0n) is 12.4. The van der Waals surface area contributed by atoms with Gasteiger partial charge in [-0.3, -0.25) is 0 Å². The summed E-state index contributed by atoms with van der Waals surface area (Å²) >= 11 is 0. The third-order valence-electron chi connectivity index (χ3n) is 3.96. The molecule has 5 nitrogen and oxygen atoms in total. The lowest BCUT2D eigenvalue weighted by molar-refractivity contribution is 0.187. The number of piperidine rings is 1. The first-order valence-corrected chi connectivity index (χ1v) is 8.55. The third-order valence-corrected chi connectivity index (χ3v) is 5.39. The second kappa shape index (κ2) is 6.29. The fourth-order valence-corrected chi connectivity index (χ4v) is 3.90. The van der Waals surface area contributed by atoms with Crippen molar-refractivity contribution < 1.29 is 12.8 Å². The number of nitrogen functional groups attached to an aromatic ring is 1. The number of anilines is 1. The molecule has 21 heavy (non-hydrogen) atoms. The third kappa shape index (κ3) is 3.72. The quantitative estimate of drug-likeness (QED) is 0.825. The molecule has 1 aromatic carbocycles. The number of aryl methyl sites for hydroxylation is 1. The van der Waals surface area contributed by atoms with Crippen molar-refractivity contribution in [2.24, 2.45) is 0 Å². The van der Waals surface area contributed by atoms with Crippen LogP contribution in [0.5, 0.6) is 0 Å². The maximum Gasteiger partial charge on any atom is 0.243 e. The Kier molecular flexibility index (Phi) is 4.85. The van der Waals surface area contributed by atoms with Crippen LogP contribution in [0.2, 0.25) is 0 Å². The second-order valence-electron chi connectivity index (χ2n) is 5.63. The van der Waals surface area contributed by atoms with Crippen molar-refractivity contribution in [3.8, 4) is 0 Å². The molecule has 1 fully saturated rings. The molecule has 118 valence electrons. The molecular weight excluding hydrogens is 293 g/mol. The van der Waals surface area contributed by atoms with Gasteiger partial charge in [-0.2, -0.15) is 0 Å². The van der Waals surface area contributed by atoms with E-state index in [1.807, 2.05) is 7.05 Å². The van der Waals surface area contributed by atoms with Gasteiger partial charge >= 0.3 is 0 Å². The molecule has 1 heterocycles. The molecule has 0 aromatic heterocycles. The van der Waals surface area contributed by atoms with E-state index in [-0.39, 0.29) is 28.7 Å². The van der Waals surface area contributed by atoms with Crippen molar-refractivity contribution in [2.45, 2.75) is 37.1 Å². The van der Waals surface area contributed by atoms with Crippen molar-refractivity contribution in [1.82, 2.24) is 9.62 Å². The lowest BCUT2D eigenvalue weighted by Crippen LogP contribution is -2.44. The van der Waals surface area contributed by atoms with Crippen LogP contribution in [0.1, 0.15) is 24.8 Å². The van der Waals surface area contributed by atoms with Gasteiger partial charge in [-0.15, -0.1) is 0 Å². The lowest BCUT2D eigenvalue weighted by Gasteiger charge is -2.32. The number of sulfonamides is 1. The Hall–Kier alpha value is -1.18. The van der Waals surface area contributed by atoms with E-state index in [1.165, 1.54) is 13.0 Å². The summed E-state index contributed by atoms with van der Waals surface area (Å²) in [4.78, 5) is 1.76. The number of hydrogen-bond acceptors (Lipinski definition) is 4. The van der Waals surface area contributed by atoms with Crippen molar-refractivity contribution >= 4 is 15.7 Å². The average Bonchev–Trinajstić information content (AvgIpc) is 2.42. The van der Waals surface area contributed by atoms with Crippen LogP contribution in [-0.4, -0.2) is 39.5 Å². The largest absolute Gasteiger partial charge is 0.399 e. The van der Waals surface area contributed by atoms with Crippen LogP contribution in [0.15, 0.2) is 17.0 Å². The fourth-order valence-electron chi connectivity index (χ4n) is 2.65. The molecular formula is C14H22FN3O2S. The van der Waals surface area contributed by atoms with Crippen LogP contribution in [0, 0.1) is 12.7 Å². The molecule has 1 saturated heterocycles. The highest BCUT2D eigenvalue weighted by molar-refractivity contribution is 7.89. The van der Waals surface area contributed by atoms with Crippen LogP contribution in [-0.2, 0) is 10.0 Å². The van der Waals surface area contributed by atoms with Crippen molar-refractivity contribution in [1.29, 1.82) is 0 Å². The Bertz CT molecular complexity index is 619. The van der Waals surface area contributed by atoms with Crippen molar-refractivity contribution in [3.05, 3.63) is 23.5 Å². The maximum atomic E-state index is 14.0. The zero-order chi connectivity index (χ0) is 15.6. The number of hydrogen-bond donors (Lipinski definition) is 2. The molecule has 0 aliphatic carbocycles. The van der Waals surface area contributed by atoms with Gasteiger partial charge in [0.05, 0.1) is 0 Å². The zero-order valence-corrected chi connectivity index (χ0v) is 13.2. The first-order chi connectivity index (χ1) is 9.81. The SMILES string of the molecule is Cc1cc(N)cc(S(=O)(=O)NCC2CCCCN2C)c1F. The van der Waals surface area contributed by atoms with Gasteiger partial charge < -0.3 is 10.6 Å². The van der Waals surface area contributed by atoms with Crippen LogP contribution in [0.4, 0.5) is 10.1 Å². The first kappa shape index (κ1) is 16.2. The monoisotopic (exact) mass is 315 g/mol. The Labute approximate surface area is 125 Å². The molecule has 2 rings (SSSR count). The van der Waals surface area contributed by atoms with E-state index in [0.29, 0.717) is 0 Å². The number of likely N-dealkylation sites (tertiary alicyclic amines) is 1.